The molecule has 0 bridgehead atoms. The van der Waals surface area contributed by atoms with E-state index in [0.717, 1.165) is 22.6 Å². The lowest BCUT2D eigenvalue weighted by atomic mass is 10.1. The molecule has 3 heterocycles. The number of imidazole rings is 1. The number of nitrogens with zero attached hydrogens (tertiary/aromatic N) is 4. The molecule has 6 heteroatoms. The van der Waals surface area contributed by atoms with Crippen LogP contribution in [-0.4, -0.2) is 37.2 Å². The molecule has 0 unspecified atom stereocenters. The van der Waals surface area contributed by atoms with Gasteiger partial charge in [0.25, 0.3) is 0 Å². The molecule has 21 heavy (non-hydrogen) atoms. The zero-order valence-electron chi connectivity index (χ0n) is 11.6. The first kappa shape index (κ1) is 13.4. The van der Waals surface area contributed by atoms with E-state index < -0.39 is 6.09 Å². The Morgan fingerprint density at radius 2 is 2.33 bits per heavy atom. The Hall–Kier alpha value is -2.63. The van der Waals surface area contributed by atoms with Crippen LogP contribution in [0.3, 0.4) is 0 Å². The van der Waals surface area contributed by atoms with Crippen LogP contribution in [0.5, 0.6) is 0 Å². The van der Waals surface area contributed by atoms with E-state index in [-0.39, 0.29) is 0 Å². The molecule has 0 aromatic carbocycles. The van der Waals surface area contributed by atoms with Crippen LogP contribution in [-0.2, 0) is 19.5 Å². The molecule has 3 rings (SSSR count). The second kappa shape index (κ2) is 5.40. The van der Waals surface area contributed by atoms with Crippen LogP contribution < -0.4 is 0 Å². The third-order valence-corrected chi connectivity index (χ3v) is 3.72. The van der Waals surface area contributed by atoms with E-state index in [1.807, 2.05) is 12.1 Å². The highest BCUT2D eigenvalue weighted by atomic mass is 16.4. The summed E-state index contributed by atoms with van der Waals surface area (Å²) in [7, 11) is 0. The van der Waals surface area contributed by atoms with E-state index in [4.69, 9.17) is 5.11 Å². The summed E-state index contributed by atoms with van der Waals surface area (Å²) in [5.74, 6) is 0. The van der Waals surface area contributed by atoms with E-state index in [0.29, 0.717) is 26.1 Å². The molecule has 1 amide bonds. The van der Waals surface area contributed by atoms with Gasteiger partial charge in [0.2, 0.25) is 0 Å². The summed E-state index contributed by atoms with van der Waals surface area (Å²) in [5, 5.41) is 9.05. The Morgan fingerprint density at radius 1 is 1.48 bits per heavy atom. The lowest BCUT2D eigenvalue weighted by Crippen LogP contribution is -2.35. The van der Waals surface area contributed by atoms with Gasteiger partial charge in [-0.1, -0.05) is 12.6 Å². The predicted molar refractivity (Wildman–Crippen MR) is 77.8 cm³/mol. The summed E-state index contributed by atoms with van der Waals surface area (Å²) in [6, 6.07) is 3.92. The number of carboxylic acid groups (broad SMARTS) is 1. The normalized spacial score (nSPS) is 13.8. The standard InChI is InChI=1S/C15H16N4O2/c1-2-12-11(4-3-6-16-12)8-19-10-17-13-9-18(15(20)21)7-5-14(13)19/h2-4,6,10H,1,5,7-9H2,(H,20,21). The van der Waals surface area contributed by atoms with E-state index in [1.54, 1.807) is 18.6 Å². The first-order valence-corrected chi connectivity index (χ1v) is 6.76. The van der Waals surface area contributed by atoms with Gasteiger partial charge in [0.1, 0.15) is 0 Å². The van der Waals surface area contributed by atoms with Crippen molar-refractivity contribution in [2.24, 2.45) is 0 Å². The molecule has 108 valence electrons. The molecule has 2 aromatic heterocycles. The summed E-state index contributed by atoms with van der Waals surface area (Å²) in [5.41, 5.74) is 3.88. The van der Waals surface area contributed by atoms with Gasteiger partial charge in [0.05, 0.1) is 30.8 Å². The minimum Gasteiger partial charge on any atom is -0.465 e. The van der Waals surface area contributed by atoms with Crippen molar-refractivity contribution in [1.29, 1.82) is 0 Å². The Balaban J connectivity index is 1.86. The van der Waals surface area contributed by atoms with Crippen molar-refractivity contribution in [1.82, 2.24) is 19.4 Å². The molecule has 0 atom stereocenters. The number of carbonyl (C=O) groups is 1. The van der Waals surface area contributed by atoms with Crippen molar-refractivity contribution in [2.75, 3.05) is 6.54 Å². The van der Waals surface area contributed by atoms with Crippen molar-refractivity contribution < 1.29 is 9.90 Å². The van der Waals surface area contributed by atoms with E-state index in [9.17, 15) is 4.79 Å². The van der Waals surface area contributed by atoms with Gasteiger partial charge in [-0.2, -0.15) is 0 Å². The Bertz CT molecular complexity index is 693. The van der Waals surface area contributed by atoms with Crippen LogP contribution in [0.2, 0.25) is 0 Å². The fourth-order valence-electron chi connectivity index (χ4n) is 2.62. The Labute approximate surface area is 122 Å². The van der Waals surface area contributed by atoms with Gasteiger partial charge in [-0.15, -0.1) is 0 Å². The van der Waals surface area contributed by atoms with Crippen LogP contribution in [0.25, 0.3) is 6.08 Å². The van der Waals surface area contributed by atoms with Gasteiger partial charge in [0, 0.05) is 24.9 Å². The molecule has 0 saturated carbocycles. The molecule has 0 spiro atoms. The van der Waals surface area contributed by atoms with Crippen LogP contribution >= 0.6 is 0 Å². The second-order valence-electron chi connectivity index (χ2n) is 4.97. The monoisotopic (exact) mass is 284 g/mol. The molecule has 0 radical (unpaired) electrons. The predicted octanol–water partition coefficient (Wildman–Crippen LogP) is 2.01. The number of hydrogen-bond donors (Lipinski definition) is 1. The van der Waals surface area contributed by atoms with Crippen molar-refractivity contribution in [3.8, 4) is 0 Å². The first-order chi connectivity index (χ1) is 10.2. The Morgan fingerprint density at radius 3 is 3.10 bits per heavy atom. The average Bonchev–Trinajstić information content (AvgIpc) is 2.90. The summed E-state index contributed by atoms with van der Waals surface area (Å²) >= 11 is 0. The summed E-state index contributed by atoms with van der Waals surface area (Å²) < 4.78 is 2.07. The molecule has 1 aliphatic heterocycles. The zero-order valence-corrected chi connectivity index (χ0v) is 11.6. The molecule has 1 N–H and O–H groups in total. The van der Waals surface area contributed by atoms with Gasteiger partial charge in [-0.25, -0.2) is 9.78 Å². The quantitative estimate of drug-likeness (QED) is 0.935. The van der Waals surface area contributed by atoms with Crippen LogP contribution in [0.1, 0.15) is 22.6 Å². The molecule has 2 aromatic rings. The minimum absolute atomic E-state index is 0.360. The number of rotatable bonds is 3. The van der Waals surface area contributed by atoms with Crippen LogP contribution in [0.15, 0.2) is 31.2 Å². The zero-order chi connectivity index (χ0) is 14.8. The third kappa shape index (κ3) is 2.52. The second-order valence-corrected chi connectivity index (χ2v) is 4.97. The van der Waals surface area contributed by atoms with Crippen molar-refractivity contribution in [3.05, 3.63) is 53.9 Å². The van der Waals surface area contributed by atoms with Gasteiger partial charge in [-0.05, 0) is 17.7 Å². The first-order valence-electron chi connectivity index (χ1n) is 6.76. The lowest BCUT2D eigenvalue weighted by Gasteiger charge is -2.24. The number of hydrogen-bond acceptors (Lipinski definition) is 3. The summed E-state index contributed by atoms with van der Waals surface area (Å²) in [4.78, 5) is 21.0. The van der Waals surface area contributed by atoms with Crippen molar-refractivity contribution in [2.45, 2.75) is 19.5 Å². The fraction of sp³-hybridized carbons (Fsp3) is 0.267. The van der Waals surface area contributed by atoms with Crippen LogP contribution in [0, 0.1) is 0 Å². The fourth-order valence-corrected chi connectivity index (χ4v) is 2.62. The molecule has 0 saturated heterocycles. The highest BCUT2D eigenvalue weighted by molar-refractivity contribution is 5.65. The number of pyridine rings is 1. The van der Waals surface area contributed by atoms with Gasteiger partial charge in [0.15, 0.2) is 0 Å². The molecule has 1 aliphatic rings. The maximum atomic E-state index is 11.0. The van der Waals surface area contributed by atoms with Crippen molar-refractivity contribution >= 4 is 12.2 Å². The smallest absolute Gasteiger partial charge is 0.407 e. The largest absolute Gasteiger partial charge is 0.465 e. The van der Waals surface area contributed by atoms with E-state index >= 15 is 0 Å². The van der Waals surface area contributed by atoms with Gasteiger partial charge < -0.3 is 14.6 Å². The number of aromatic nitrogens is 3. The molecule has 6 nitrogen and oxygen atoms in total. The maximum Gasteiger partial charge on any atom is 0.407 e. The molecular weight excluding hydrogens is 268 g/mol. The molecule has 0 aliphatic carbocycles. The van der Waals surface area contributed by atoms with E-state index in [1.165, 1.54) is 4.90 Å². The van der Waals surface area contributed by atoms with Gasteiger partial charge in [-0.3, -0.25) is 4.98 Å². The number of fused-ring (bicyclic) bond motifs is 1. The molecular formula is C15H16N4O2. The van der Waals surface area contributed by atoms with Crippen molar-refractivity contribution in [3.63, 3.8) is 0 Å². The number of amides is 1. The third-order valence-electron chi connectivity index (χ3n) is 3.72. The topological polar surface area (TPSA) is 71.2 Å². The van der Waals surface area contributed by atoms with E-state index in [2.05, 4.69) is 21.1 Å². The summed E-state index contributed by atoms with van der Waals surface area (Å²) in [6.07, 6.45) is 5.05. The average molecular weight is 284 g/mol. The minimum atomic E-state index is -0.892. The lowest BCUT2D eigenvalue weighted by molar-refractivity contribution is 0.139. The SMILES string of the molecule is C=Cc1ncccc1Cn1cnc2c1CCN(C(=O)O)C2. The summed E-state index contributed by atoms with van der Waals surface area (Å²) in [6.45, 7) is 5.32. The highest BCUT2D eigenvalue weighted by Gasteiger charge is 2.23. The van der Waals surface area contributed by atoms with Gasteiger partial charge >= 0.3 is 6.09 Å². The Kier molecular flexibility index (Phi) is 3.43. The molecule has 0 fully saturated rings. The van der Waals surface area contributed by atoms with Crippen LogP contribution in [0.4, 0.5) is 4.79 Å². The maximum absolute atomic E-state index is 11.0. The highest BCUT2D eigenvalue weighted by Crippen LogP contribution is 2.19.